The van der Waals surface area contributed by atoms with E-state index in [4.69, 9.17) is 4.98 Å². The van der Waals surface area contributed by atoms with Gasteiger partial charge in [0.15, 0.2) is 0 Å². The van der Waals surface area contributed by atoms with Gasteiger partial charge in [0.2, 0.25) is 5.95 Å². The number of anilines is 1. The molecule has 1 aliphatic heterocycles. The summed E-state index contributed by atoms with van der Waals surface area (Å²) in [4.78, 5) is 4.76. The van der Waals surface area contributed by atoms with E-state index in [1.54, 1.807) is 0 Å². The SMILES string of the molecule is CC(C)(C)c1cn2c(n1)NCC1CCCCC12. The van der Waals surface area contributed by atoms with Crippen LogP contribution in [0.2, 0.25) is 0 Å². The molecule has 2 heterocycles. The Morgan fingerprint density at radius 1 is 1.29 bits per heavy atom. The Kier molecular flexibility index (Phi) is 2.46. The Labute approximate surface area is 104 Å². The predicted molar refractivity (Wildman–Crippen MR) is 70.4 cm³/mol. The molecular formula is C14H23N3. The zero-order valence-electron chi connectivity index (χ0n) is 11.2. The van der Waals surface area contributed by atoms with Crippen molar-refractivity contribution >= 4 is 5.95 Å². The molecule has 0 radical (unpaired) electrons. The van der Waals surface area contributed by atoms with E-state index in [1.165, 1.54) is 31.4 Å². The highest BCUT2D eigenvalue weighted by Crippen LogP contribution is 2.39. The van der Waals surface area contributed by atoms with Crippen LogP contribution in [0.4, 0.5) is 5.95 Å². The highest BCUT2D eigenvalue weighted by molar-refractivity contribution is 5.34. The molecule has 3 nitrogen and oxygen atoms in total. The molecule has 0 saturated heterocycles. The van der Waals surface area contributed by atoms with Crippen LogP contribution in [-0.4, -0.2) is 16.1 Å². The van der Waals surface area contributed by atoms with Gasteiger partial charge < -0.3 is 9.88 Å². The molecule has 2 unspecified atom stereocenters. The van der Waals surface area contributed by atoms with Gasteiger partial charge in [0.1, 0.15) is 0 Å². The molecule has 0 aromatic carbocycles. The summed E-state index contributed by atoms with van der Waals surface area (Å²) in [7, 11) is 0. The summed E-state index contributed by atoms with van der Waals surface area (Å²) >= 11 is 0. The molecule has 94 valence electrons. The molecule has 1 saturated carbocycles. The van der Waals surface area contributed by atoms with E-state index in [2.05, 4.69) is 36.9 Å². The normalized spacial score (nSPS) is 28.2. The average molecular weight is 233 g/mol. The number of hydrogen-bond donors (Lipinski definition) is 1. The first-order chi connectivity index (χ1) is 8.05. The second kappa shape index (κ2) is 3.76. The molecule has 17 heavy (non-hydrogen) atoms. The minimum Gasteiger partial charge on any atom is -0.355 e. The monoisotopic (exact) mass is 233 g/mol. The third-order valence-electron chi connectivity index (χ3n) is 4.25. The van der Waals surface area contributed by atoms with Crippen LogP contribution in [0.15, 0.2) is 6.20 Å². The summed E-state index contributed by atoms with van der Waals surface area (Å²) in [6, 6.07) is 0.698. The Balaban J connectivity index is 1.96. The van der Waals surface area contributed by atoms with Crippen molar-refractivity contribution in [3.05, 3.63) is 11.9 Å². The summed E-state index contributed by atoms with van der Waals surface area (Å²) in [6.45, 7) is 7.82. The molecule has 1 aromatic heterocycles. The first-order valence-corrected chi connectivity index (χ1v) is 6.89. The molecule has 0 amide bonds. The number of nitrogens with zero attached hydrogens (tertiary/aromatic N) is 2. The zero-order chi connectivity index (χ0) is 12.0. The Morgan fingerprint density at radius 2 is 2.06 bits per heavy atom. The van der Waals surface area contributed by atoms with Gasteiger partial charge in [-0.3, -0.25) is 0 Å². The smallest absolute Gasteiger partial charge is 0.203 e. The minimum atomic E-state index is 0.149. The Morgan fingerprint density at radius 3 is 2.82 bits per heavy atom. The van der Waals surface area contributed by atoms with Gasteiger partial charge in [-0.05, 0) is 18.8 Å². The van der Waals surface area contributed by atoms with Gasteiger partial charge in [-0.25, -0.2) is 4.98 Å². The third-order valence-corrected chi connectivity index (χ3v) is 4.25. The van der Waals surface area contributed by atoms with Gasteiger partial charge in [0.25, 0.3) is 0 Å². The van der Waals surface area contributed by atoms with E-state index in [-0.39, 0.29) is 5.41 Å². The molecule has 0 bridgehead atoms. The van der Waals surface area contributed by atoms with E-state index in [9.17, 15) is 0 Å². The van der Waals surface area contributed by atoms with Gasteiger partial charge in [0.05, 0.1) is 5.69 Å². The Hall–Kier alpha value is -0.990. The maximum atomic E-state index is 4.76. The minimum absolute atomic E-state index is 0.149. The van der Waals surface area contributed by atoms with Crippen molar-refractivity contribution in [1.29, 1.82) is 0 Å². The van der Waals surface area contributed by atoms with Crippen LogP contribution < -0.4 is 5.32 Å². The van der Waals surface area contributed by atoms with Crippen molar-refractivity contribution in [2.45, 2.75) is 57.9 Å². The first kappa shape index (κ1) is 11.1. The van der Waals surface area contributed by atoms with Crippen LogP contribution in [0.5, 0.6) is 0 Å². The van der Waals surface area contributed by atoms with Crippen LogP contribution in [0.1, 0.15) is 58.2 Å². The number of imidazole rings is 1. The van der Waals surface area contributed by atoms with Crippen molar-refractivity contribution in [2.24, 2.45) is 5.92 Å². The summed E-state index contributed by atoms with van der Waals surface area (Å²) in [5.41, 5.74) is 1.36. The number of hydrogen-bond acceptors (Lipinski definition) is 2. The number of fused-ring (bicyclic) bond motifs is 3. The number of rotatable bonds is 0. The lowest BCUT2D eigenvalue weighted by molar-refractivity contribution is 0.238. The summed E-state index contributed by atoms with van der Waals surface area (Å²) in [5.74, 6) is 1.91. The maximum absolute atomic E-state index is 4.76. The van der Waals surface area contributed by atoms with Crippen molar-refractivity contribution < 1.29 is 0 Å². The number of aromatic nitrogens is 2. The zero-order valence-corrected chi connectivity index (χ0v) is 11.2. The van der Waals surface area contributed by atoms with Crippen LogP contribution in [0.3, 0.4) is 0 Å². The second-order valence-electron chi connectivity index (χ2n) is 6.60. The molecule has 1 aliphatic carbocycles. The van der Waals surface area contributed by atoms with Crippen molar-refractivity contribution in [1.82, 2.24) is 9.55 Å². The van der Waals surface area contributed by atoms with Gasteiger partial charge in [-0.1, -0.05) is 33.6 Å². The molecule has 1 aromatic rings. The summed E-state index contributed by atoms with van der Waals surface area (Å²) in [5, 5.41) is 3.51. The fraction of sp³-hybridized carbons (Fsp3) is 0.786. The summed E-state index contributed by atoms with van der Waals surface area (Å²) in [6.07, 6.45) is 7.77. The maximum Gasteiger partial charge on any atom is 0.203 e. The lowest BCUT2D eigenvalue weighted by Gasteiger charge is -2.37. The predicted octanol–water partition coefficient (Wildman–Crippen LogP) is 3.34. The fourth-order valence-electron chi connectivity index (χ4n) is 3.15. The molecule has 3 heteroatoms. The molecule has 2 aliphatic rings. The third kappa shape index (κ3) is 1.85. The van der Waals surface area contributed by atoms with Gasteiger partial charge in [-0.15, -0.1) is 0 Å². The van der Waals surface area contributed by atoms with Gasteiger partial charge in [-0.2, -0.15) is 0 Å². The average Bonchev–Trinajstić information content (AvgIpc) is 2.72. The number of nitrogens with one attached hydrogen (secondary N) is 1. The second-order valence-corrected chi connectivity index (χ2v) is 6.60. The molecule has 1 N–H and O–H groups in total. The highest BCUT2D eigenvalue weighted by Gasteiger charge is 2.33. The molecule has 0 spiro atoms. The quantitative estimate of drug-likeness (QED) is 0.745. The fourth-order valence-corrected chi connectivity index (χ4v) is 3.15. The largest absolute Gasteiger partial charge is 0.355 e. The topological polar surface area (TPSA) is 29.9 Å². The highest BCUT2D eigenvalue weighted by atomic mass is 15.2. The van der Waals surface area contributed by atoms with Crippen molar-refractivity contribution in [2.75, 3.05) is 11.9 Å². The molecular weight excluding hydrogens is 210 g/mol. The lowest BCUT2D eigenvalue weighted by Crippen LogP contribution is -2.34. The standard InChI is InChI=1S/C14H23N3/c1-14(2,3)12-9-17-11-7-5-4-6-10(11)8-15-13(17)16-12/h9-11H,4-8H2,1-3H3,(H,15,16). The van der Waals surface area contributed by atoms with Crippen molar-refractivity contribution in [3.63, 3.8) is 0 Å². The molecule has 3 rings (SSSR count). The lowest BCUT2D eigenvalue weighted by atomic mass is 9.83. The van der Waals surface area contributed by atoms with E-state index < -0.39 is 0 Å². The van der Waals surface area contributed by atoms with E-state index in [0.29, 0.717) is 6.04 Å². The molecule has 1 fully saturated rings. The van der Waals surface area contributed by atoms with Gasteiger partial charge in [0, 0.05) is 24.2 Å². The van der Waals surface area contributed by atoms with E-state index in [1.807, 2.05) is 0 Å². The van der Waals surface area contributed by atoms with Crippen molar-refractivity contribution in [3.8, 4) is 0 Å². The van der Waals surface area contributed by atoms with E-state index in [0.717, 1.165) is 18.4 Å². The first-order valence-electron chi connectivity index (χ1n) is 6.89. The van der Waals surface area contributed by atoms with Crippen LogP contribution in [-0.2, 0) is 5.41 Å². The van der Waals surface area contributed by atoms with Crippen LogP contribution in [0.25, 0.3) is 0 Å². The Bertz CT molecular complexity index is 414. The van der Waals surface area contributed by atoms with Crippen LogP contribution >= 0.6 is 0 Å². The molecule has 2 atom stereocenters. The van der Waals surface area contributed by atoms with Crippen LogP contribution in [0, 0.1) is 5.92 Å². The summed E-state index contributed by atoms with van der Waals surface area (Å²) < 4.78 is 2.41. The van der Waals surface area contributed by atoms with E-state index >= 15 is 0 Å². The van der Waals surface area contributed by atoms with Gasteiger partial charge >= 0.3 is 0 Å².